The topological polar surface area (TPSA) is 58.6 Å². The summed E-state index contributed by atoms with van der Waals surface area (Å²) in [5.74, 6) is 0.437. The van der Waals surface area contributed by atoms with Crippen LogP contribution in [0.15, 0.2) is 24.3 Å². The number of nitrogens with one attached hydrogen (secondary N) is 1. The first kappa shape index (κ1) is 12.8. The lowest BCUT2D eigenvalue weighted by atomic mass is 10.3. The average Bonchev–Trinajstić information content (AvgIpc) is 2.65. The van der Waals surface area contributed by atoms with Crippen molar-refractivity contribution in [3.63, 3.8) is 0 Å². The number of hydrogen-bond donors (Lipinski definition) is 1. The van der Waals surface area contributed by atoms with Gasteiger partial charge >= 0.3 is 0 Å². The first-order chi connectivity index (χ1) is 8.67. The number of benzene rings is 1. The van der Waals surface area contributed by atoms with Crippen LogP contribution >= 0.6 is 11.8 Å². The SMILES string of the molecule is CCN1C(=O)S[C@@H](Nc2ccccc2OC)C1=O. The Kier molecular flexibility index (Phi) is 3.76. The smallest absolute Gasteiger partial charge is 0.290 e. The van der Waals surface area contributed by atoms with Crippen LogP contribution in [-0.2, 0) is 4.79 Å². The highest BCUT2D eigenvalue weighted by Gasteiger charge is 2.38. The van der Waals surface area contributed by atoms with Crippen molar-refractivity contribution in [2.75, 3.05) is 19.0 Å². The Labute approximate surface area is 109 Å². The van der Waals surface area contributed by atoms with Gasteiger partial charge in [-0.25, -0.2) is 0 Å². The molecule has 96 valence electrons. The van der Waals surface area contributed by atoms with Crippen LogP contribution in [-0.4, -0.2) is 35.1 Å². The number of anilines is 1. The van der Waals surface area contributed by atoms with E-state index in [-0.39, 0.29) is 11.1 Å². The van der Waals surface area contributed by atoms with E-state index in [9.17, 15) is 9.59 Å². The summed E-state index contributed by atoms with van der Waals surface area (Å²) >= 11 is 0.991. The third-order valence-corrected chi connectivity index (χ3v) is 3.62. The number of nitrogens with zero attached hydrogens (tertiary/aromatic N) is 1. The van der Waals surface area contributed by atoms with Crippen LogP contribution in [0.5, 0.6) is 5.75 Å². The maximum Gasteiger partial charge on any atom is 0.290 e. The van der Waals surface area contributed by atoms with Crippen LogP contribution in [0, 0.1) is 0 Å². The number of carbonyl (C=O) groups excluding carboxylic acids is 2. The highest BCUT2D eigenvalue weighted by Crippen LogP contribution is 2.31. The van der Waals surface area contributed by atoms with E-state index in [0.29, 0.717) is 18.0 Å². The molecule has 1 aliphatic rings. The fourth-order valence-corrected chi connectivity index (χ4v) is 2.69. The van der Waals surface area contributed by atoms with Crippen molar-refractivity contribution in [1.29, 1.82) is 0 Å². The molecule has 0 bridgehead atoms. The Hall–Kier alpha value is -1.69. The first-order valence-electron chi connectivity index (χ1n) is 5.59. The number of ether oxygens (including phenoxy) is 1. The second kappa shape index (κ2) is 5.30. The molecule has 2 amide bonds. The Morgan fingerprint density at radius 1 is 1.39 bits per heavy atom. The van der Waals surface area contributed by atoms with E-state index < -0.39 is 5.37 Å². The van der Waals surface area contributed by atoms with Crippen molar-refractivity contribution < 1.29 is 14.3 Å². The molecular weight excluding hydrogens is 252 g/mol. The molecule has 1 saturated heterocycles. The normalized spacial score (nSPS) is 19.2. The molecule has 1 aromatic carbocycles. The van der Waals surface area contributed by atoms with Gasteiger partial charge in [-0.1, -0.05) is 12.1 Å². The quantitative estimate of drug-likeness (QED) is 0.905. The van der Waals surface area contributed by atoms with Gasteiger partial charge in [0.15, 0.2) is 5.37 Å². The van der Waals surface area contributed by atoms with Crippen molar-refractivity contribution in [1.82, 2.24) is 4.90 Å². The predicted molar refractivity (Wildman–Crippen MR) is 70.8 cm³/mol. The molecule has 1 atom stereocenters. The minimum absolute atomic E-state index is 0.210. The van der Waals surface area contributed by atoms with Crippen molar-refractivity contribution in [2.45, 2.75) is 12.3 Å². The van der Waals surface area contributed by atoms with Gasteiger partial charge in [0.1, 0.15) is 5.75 Å². The average molecular weight is 266 g/mol. The summed E-state index contributed by atoms with van der Waals surface area (Å²) in [6.45, 7) is 2.18. The van der Waals surface area contributed by atoms with E-state index in [1.54, 1.807) is 20.1 Å². The fourth-order valence-electron chi connectivity index (χ4n) is 1.73. The lowest BCUT2D eigenvalue weighted by Crippen LogP contribution is -2.34. The van der Waals surface area contributed by atoms with Crippen LogP contribution < -0.4 is 10.1 Å². The first-order valence-corrected chi connectivity index (χ1v) is 6.47. The number of thioether (sulfide) groups is 1. The van der Waals surface area contributed by atoms with Gasteiger partial charge in [-0.15, -0.1) is 0 Å². The maximum atomic E-state index is 11.9. The molecule has 5 nitrogen and oxygen atoms in total. The van der Waals surface area contributed by atoms with Gasteiger partial charge in [0.2, 0.25) is 0 Å². The van der Waals surface area contributed by atoms with Crippen LogP contribution in [0.1, 0.15) is 6.92 Å². The molecule has 1 aromatic rings. The summed E-state index contributed by atoms with van der Waals surface area (Å²) in [5, 5.41) is 2.24. The van der Waals surface area contributed by atoms with E-state index in [0.717, 1.165) is 11.8 Å². The molecule has 18 heavy (non-hydrogen) atoms. The number of likely N-dealkylation sites (N-methyl/N-ethyl adjacent to an activating group) is 1. The number of hydrogen-bond acceptors (Lipinski definition) is 5. The van der Waals surface area contributed by atoms with Gasteiger partial charge < -0.3 is 10.1 Å². The summed E-state index contributed by atoms with van der Waals surface area (Å²) in [6.07, 6.45) is 0. The van der Waals surface area contributed by atoms with E-state index in [1.807, 2.05) is 18.2 Å². The lowest BCUT2D eigenvalue weighted by Gasteiger charge is -2.14. The molecule has 1 heterocycles. The largest absolute Gasteiger partial charge is 0.495 e. The van der Waals surface area contributed by atoms with Crippen LogP contribution in [0.4, 0.5) is 10.5 Å². The zero-order chi connectivity index (χ0) is 13.1. The van der Waals surface area contributed by atoms with Crippen molar-refractivity contribution in [3.8, 4) is 5.75 Å². The molecule has 2 rings (SSSR count). The highest BCUT2D eigenvalue weighted by atomic mass is 32.2. The lowest BCUT2D eigenvalue weighted by molar-refractivity contribution is -0.126. The summed E-state index contributed by atoms with van der Waals surface area (Å²) in [4.78, 5) is 24.7. The van der Waals surface area contributed by atoms with E-state index in [1.165, 1.54) is 4.90 Å². The van der Waals surface area contributed by atoms with E-state index >= 15 is 0 Å². The number of imide groups is 1. The third kappa shape index (κ3) is 2.28. The molecule has 0 spiro atoms. The monoisotopic (exact) mass is 266 g/mol. The minimum Gasteiger partial charge on any atom is -0.495 e. The third-order valence-electron chi connectivity index (χ3n) is 2.64. The zero-order valence-corrected chi connectivity index (χ0v) is 11.0. The second-order valence-electron chi connectivity index (χ2n) is 3.69. The molecule has 0 aliphatic carbocycles. The number of carbonyl (C=O) groups is 2. The molecular formula is C12H14N2O3S. The molecule has 0 saturated carbocycles. The van der Waals surface area contributed by atoms with Gasteiger partial charge in [-0.2, -0.15) is 0 Å². The highest BCUT2D eigenvalue weighted by molar-refractivity contribution is 8.15. The van der Waals surface area contributed by atoms with Crippen LogP contribution in [0.3, 0.4) is 0 Å². The molecule has 6 heteroatoms. The van der Waals surface area contributed by atoms with Crippen molar-refractivity contribution in [2.24, 2.45) is 0 Å². The summed E-state index contributed by atoms with van der Waals surface area (Å²) in [6, 6.07) is 7.29. The number of amides is 2. The Bertz CT molecular complexity index is 478. The van der Waals surface area contributed by atoms with Gasteiger partial charge in [0.05, 0.1) is 12.8 Å². The minimum atomic E-state index is -0.575. The molecule has 0 aromatic heterocycles. The van der Waals surface area contributed by atoms with Gasteiger partial charge in [0, 0.05) is 6.54 Å². The van der Waals surface area contributed by atoms with E-state index in [2.05, 4.69) is 5.32 Å². The predicted octanol–water partition coefficient (Wildman–Crippen LogP) is 2.15. The van der Waals surface area contributed by atoms with Gasteiger partial charge in [0.25, 0.3) is 11.1 Å². The van der Waals surface area contributed by atoms with Crippen LogP contribution in [0.2, 0.25) is 0 Å². The maximum absolute atomic E-state index is 11.9. The van der Waals surface area contributed by atoms with Gasteiger partial charge in [-0.3, -0.25) is 14.5 Å². The van der Waals surface area contributed by atoms with E-state index in [4.69, 9.17) is 4.74 Å². The fraction of sp³-hybridized carbons (Fsp3) is 0.333. The Morgan fingerprint density at radius 2 is 2.11 bits per heavy atom. The number of para-hydroxylation sites is 2. The summed E-state index contributed by atoms with van der Waals surface area (Å²) < 4.78 is 5.19. The molecule has 1 N–H and O–H groups in total. The van der Waals surface area contributed by atoms with Crippen molar-refractivity contribution >= 4 is 28.6 Å². The standard InChI is InChI=1S/C12H14N2O3S/c1-3-14-11(15)10(18-12(14)16)13-8-6-4-5-7-9(8)17-2/h4-7,10,13H,3H2,1-2H3/t10-/m1/s1. The Morgan fingerprint density at radius 3 is 2.72 bits per heavy atom. The molecule has 1 fully saturated rings. The molecule has 1 aliphatic heterocycles. The number of rotatable bonds is 4. The summed E-state index contributed by atoms with van der Waals surface area (Å²) in [7, 11) is 1.56. The van der Waals surface area contributed by atoms with Gasteiger partial charge in [-0.05, 0) is 30.8 Å². The Balaban J connectivity index is 2.15. The number of methoxy groups -OCH3 is 1. The summed E-state index contributed by atoms with van der Waals surface area (Å²) in [5.41, 5.74) is 0.705. The molecule has 0 unspecified atom stereocenters. The van der Waals surface area contributed by atoms with Crippen LogP contribution in [0.25, 0.3) is 0 Å². The zero-order valence-electron chi connectivity index (χ0n) is 10.2. The second-order valence-corrected chi connectivity index (χ2v) is 4.75. The van der Waals surface area contributed by atoms with Crippen molar-refractivity contribution in [3.05, 3.63) is 24.3 Å². The molecule has 0 radical (unpaired) electrons.